The van der Waals surface area contributed by atoms with E-state index in [0.717, 1.165) is 0 Å². The van der Waals surface area contributed by atoms with E-state index in [0.29, 0.717) is 58.2 Å². The van der Waals surface area contributed by atoms with Crippen molar-refractivity contribution in [1.29, 1.82) is 0 Å². The van der Waals surface area contributed by atoms with E-state index in [1.807, 2.05) is 0 Å². The van der Waals surface area contributed by atoms with Gasteiger partial charge in [0.2, 0.25) is 0 Å². The molecule has 0 N–H and O–H groups in total. The van der Waals surface area contributed by atoms with Crippen LogP contribution in [-0.4, -0.2) is 62.4 Å². The standard InChI is InChI=1S/C16H21F3N2O2/c17-16(18,19)14-4-2-1-3-13(14)15(20-5-9-22-10-6-20)21-7-11-23-12-8-21/h1-4,15H,5-12H2. The minimum Gasteiger partial charge on any atom is -0.379 e. The third-order valence-electron chi connectivity index (χ3n) is 4.33. The van der Waals surface area contributed by atoms with Crippen LogP contribution in [0.1, 0.15) is 17.3 Å². The predicted octanol–water partition coefficient (Wildman–Crippen LogP) is 2.37. The number of rotatable bonds is 3. The lowest BCUT2D eigenvalue weighted by atomic mass is 10.0. The van der Waals surface area contributed by atoms with Gasteiger partial charge in [-0.05, 0) is 11.6 Å². The van der Waals surface area contributed by atoms with E-state index < -0.39 is 11.7 Å². The van der Waals surface area contributed by atoms with Gasteiger partial charge >= 0.3 is 6.18 Å². The van der Waals surface area contributed by atoms with Crippen molar-refractivity contribution >= 4 is 0 Å². The molecule has 1 aromatic rings. The van der Waals surface area contributed by atoms with Crippen LogP contribution in [0.15, 0.2) is 24.3 Å². The Hall–Kier alpha value is -1.15. The van der Waals surface area contributed by atoms with Crippen LogP contribution in [0.2, 0.25) is 0 Å². The summed E-state index contributed by atoms with van der Waals surface area (Å²) in [5.74, 6) is 0. The number of hydrogen-bond donors (Lipinski definition) is 0. The number of alkyl halides is 3. The fourth-order valence-electron chi connectivity index (χ4n) is 3.25. The molecule has 0 spiro atoms. The molecule has 0 aliphatic carbocycles. The first-order chi connectivity index (χ1) is 11.1. The highest BCUT2D eigenvalue weighted by atomic mass is 19.4. The Morgan fingerprint density at radius 1 is 0.826 bits per heavy atom. The first-order valence-corrected chi connectivity index (χ1v) is 7.87. The van der Waals surface area contributed by atoms with Gasteiger partial charge in [-0.15, -0.1) is 0 Å². The maximum absolute atomic E-state index is 13.5. The summed E-state index contributed by atoms with van der Waals surface area (Å²) >= 11 is 0. The number of ether oxygens (including phenoxy) is 2. The molecular weight excluding hydrogens is 309 g/mol. The lowest BCUT2D eigenvalue weighted by Gasteiger charge is -2.43. The largest absolute Gasteiger partial charge is 0.416 e. The third kappa shape index (κ3) is 3.85. The molecular formula is C16H21F3N2O2. The van der Waals surface area contributed by atoms with Crippen molar-refractivity contribution in [2.24, 2.45) is 0 Å². The first-order valence-electron chi connectivity index (χ1n) is 7.87. The number of benzene rings is 1. The summed E-state index contributed by atoms with van der Waals surface area (Å²) in [7, 11) is 0. The summed E-state index contributed by atoms with van der Waals surface area (Å²) in [5.41, 5.74) is -0.230. The lowest BCUT2D eigenvalue weighted by molar-refractivity contribution is -0.140. The minimum absolute atomic E-state index is 0.323. The van der Waals surface area contributed by atoms with Crippen LogP contribution in [0, 0.1) is 0 Å². The average Bonchev–Trinajstić information content (AvgIpc) is 2.57. The first kappa shape index (κ1) is 16.7. The summed E-state index contributed by atoms with van der Waals surface area (Å²) in [4.78, 5) is 4.17. The molecule has 2 heterocycles. The summed E-state index contributed by atoms with van der Waals surface area (Å²) in [5, 5.41) is 0. The Kier molecular flexibility index (Phi) is 5.21. The van der Waals surface area contributed by atoms with Gasteiger partial charge in [0.05, 0.1) is 38.2 Å². The van der Waals surface area contributed by atoms with Crippen LogP contribution in [0.3, 0.4) is 0 Å². The molecule has 2 aliphatic heterocycles. The van der Waals surface area contributed by atoms with Crippen LogP contribution in [0.4, 0.5) is 13.2 Å². The highest BCUT2D eigenvalue weighted by molar-refractivity contribution is 5.32. The van der Waals surface area contributed by atoms with Crippen molar-refractivity contribution in [3.05, 3.63) is 35.4 Å². The molecule has 0 saturated carbocycles. The van der Waals surface area contributed by atoms with Crippen molar-refractivity contribution in [2.45, 2.75) is 12.3 Å². The fraction of sp³-hybridized carbons (Fsp3) is 0.625. The highest BCUT2D eigenvalue weighted by Gasteiger charge is 2.38. The monoisotopic (exact) mass is 330 g/mol. The van der Waals surface area contributed by atoms with Crippen LogP contribution >= 0.6 is 0 Å². The molecule has 4 nitrogen and oxygen atoms in total. The Labute approximate surface area is 133 Å². The van der Waals surface area contributed by atoms with Gasteiger partial charge in [-0.2, -0.15) is 13.2 Å². The molecule has 2 aliphatic rings. The average molecular weight is 330 g/mol. The predicted molar refractivity (Wildman–Crippen MR) is 79.0 cm³/mol. The summed E-state index contributed by atoms with van der Waals surface area (Å²) in [6.45, 7) is 4.74. The molecule has 2 saturated heterocycles. The van der Waals surface area contributed by atoms with Gasteiger partial charge < -0.3 is 9.47 Å². The molecule has 0 radical (unpaired) electrons. The van der Waals surface area contributed by atoms with E-state index in [9.17, 15) is 13.2 Å². The Morgan fingerprint density at radius 3 is 1.78 bits per heavy atom. The molecule has 0 atom stereocenters. The van der Waals surface area contributed by atoms with Crippen molar-refractivity contribution in [3.63, 3.8) is 0 Å². The SMILES string of the molecule is FC(F)(F)c1ccccc1C(N1CCOCC1)N1CCOCC1. The molecule has 128 valence electrons. The smallest absolute Gasteiger partial charge is 0.379 e. The Morgan fingerprint density at radius 2 is 1.30 bits per heavy atom. The number of nitrogens with zero attached hydrogens (tertiary/aromatic N) is 2. The zero-order chi connectivity index (χ0) is 16.3. The quantitative estimate of drug-likeness (QED) is 0.849. The van der Waals surface area contributed by atoms with E-state index in [1.54, 1.807) is 12.1 Å². The maximum atomic E-state index is 13.5. The zero-order valence-corrected chi connectivity index (χ0v) is 12.9. The zero-order valence-electron chi connectivity index (χ0n) is 12.9. The summed E-state index contributed by atoms with van der Waals surface area (Å²) < 4.78 is 51.1. The number of morpholine rings is 2. The molecule has 2 fully saturated rings. The van der Waals surface area contributed by atoms with Gasteiger partial charge in [0.25, 0.3) is 0 Å². The highest BCUT2D eigenvalue weighted by Crippen LogP contribution is 2.38. The maximum Gasteiger partial charge on any atom is 0.416 e. The van der Waals surface area contributed by atoms with Crippen LogP contribution in [0.25, 0.3) is 0 Å². The van der Waals surface area contributed by atoms with Crippen molar-refractivity contribution in [2.75, 3.05) is 52.6 Å². The van der Waals surface area contributed by atoms with Gasteiger partial charge in [0.15, 0.2) is 0 Å². The second kappa shape index (κ2) is 7.17. The number of hydrogen-bond acceptors (Lipinski definition) is 4. The molecule has 7 heteroatoms. The molecule has 0 bridgehead atoms. The molecule has 0 aromatic heterocycles. The normalized spacial score (nSPS) is 21.7. The van der Waals surface area contributed by atoms with Gasteiger partial charge in [-0.1, -0.05) is 18.2 Å². The van der Waals surface area contributed by atoms with E-state index >= 15 is 0 Å². The van der Waals surface area contributed by atoms with Crippen molar-refractivity contribution in [3.8, 4) is 0 Å². The van der Waals surface area contributed by atoms with Gasteiger partial charge in [0, 0.05) is 26.2 Å². The third-order valence-corrected chi connectivity index (χ3v) is 4.33. The van der Waals surface area contributed by atoms with E-state index in [-0.39, 0.29) is 6.17 Å². The minimum atomic E-state index is -4.35. The molecule has 0 amide bonds. The Balaban J connectivity index is 1.97. The van der Waals surface area contributed by atoms with Gasteiger partial charge in [0.1, 0.15) is 0 Å². The lowest BCUT2D eigenvalue weighted by Crippen LogP contribution is -2.50. The molecule has 1 aromatic carbocycles. The molecule has 0 unspecified atom stereocenters. The van der Waals surface area contributed by atoms with Gasteiger partial charge in [-0.25, -0.2) is 0 Å². The van der Waals surface area contributed by atoms with Crippen molar-refractivity contribution in [1.82, 2.24) is 9.80 Å². The molecule has 3 rings (SSSR count). The van der Waals surface area contributed by atoms with E-state index in [1.165, 1.54) is 12.1 Å². The fourth-order valence-corrected chi connectivity index (χ4v) is 3.25. The second-order valence-corrected chi connectivity index (χ2v) is 5.76. The van der Waals surface area contributed by atoms with E-state index in [4.69, 9.17) is 9.47 Å². The molecule has 23 heavy (non-hydrogen) atoms. The topological polar surface area (TPSA) is 24.9 Å². The Bertz CT molecular complexity index is 494. The van der Waals surface area contributed by atoms with Crippen molar-refractivity contribution < 1.29 is 22.6 Å². The summed E-state index contributed by atoms with van der Waals surface area (Å²) in [6, 6.07) is 5.89. The number of halogens is 3. The van der Waals surface area contributed by atoms with Gasteiger partial charge in [-0.3, -0.25) is 9.80 Å². The van der Waals surface area contributed by atoms with Crippen LogP contribution < -0.4 is 0 Å². The van der Waals surface area contributed by atoms with Crippen LogP contribution in [0.5, 0.6) is 0 Å². The summed E-state index contributed by atoms with van der Waals surface area (Å²) in [6.07, 6.45) is -4.74. The van der Waals surface area contributed by atoms with E-state index in [2.05, 4.69) is 9.80 Å². The second-order valence-electron chi connectivity index (χ2n) is 5.76. The van der Waals surface area contributed by atoms with Crippen LogP contribution in [-0.2, 0) is 15.7 Å².